The number of nitrogens with zero attached hydrogens (tertiary/aromatic N) is 4. The van der Waals surface area contributed by atoms with E-state index in [2.05, 4.69) is 15.1 Å². The highest BCUT2D eigenvalue weighted by molar-refractivity contribution is 7.18. The quantitative estimate of drug-likeness (QED) is 0.840. The molecule has 0 radical (unpaired) electrons. The van der Waals surface area contributed by atoms with E-state index in [1.165, 1.54) is 11.3 Å². The van der Waals surface area contributed by atoms with Crippen molar-refractivity contribution in [2.45, 2.75) is 18.4 Å². The molecule has 2 bridgehead atoms. The van der Waals surface area contributed by atoms with Crippen LogP contribution in [0, 0.1) is 5.92 Å². The zero-order valence-electron chi connectivity index (χ0n) is 13.2. The Morgan fingerprint density at radius 2 is 1.92 bits per heavy atom. The molecule has 5 heterocycles. The number of aromatic nitrogens is 2. The number of rotatable bonds is 2. The van der Waals surface area contributed by atoms with Crippen molar-refractivity contribution < 1.29 is 9.53 Å². The van der Waals surface area contributed by atoms with Gasteiger partial charge in [0.25, 0.3) is 0 Å². The van der Waals surface area contributed by atoms with Crippen LogP contribution in [0.15, 0.2) is 30.3 Å². The first-order valence-electron chi connectivity index (χ1n) is 8.35. The zero-order chi connectivity index (χ0) is 16.1. The van der Waals surface area contributed by atoms with Crippen molar-refractivity contribution in [3.63, 3.8) is 0 Å². The van der Waals surface area contributed by atoms with Crippen molar-refractivity contribution in [1.82, 2.24) is 15.1 Å². The molecule has 1 amide bonds. The Morgan fingerprint density at radius 3 is 2.62 bits per heavy atom. The standard InChI is InChI=1S/C17H18N4O2S/c22-16-21(11-17(23-16)10-20-8-6-13(17)7-9-20)15-19-18-14(24-15)12-4-2-1-3-5-12/h1-5,13H,6-11H2. The molecule has 7 heteroatoms. The normalized spacial score (nSPS) is 31.7. The highest BCUT2D eigenvalue weighted by Crippen LogP contribution is 2.44. The summed E-state index contributed by atoms with van der Waals surface area (Å²) in [6, 6.07) is 9.93. The predicted molar refractivity (Wildman–Crippen MR) is 91.1 cm³/mol. The minimum Gasteiger partial charge on any atom is -0.439 e. The Bertz CT molecular complexity index is 772. The van der Waals surface area contributed by atoms with E-state index >= 15 is 0 Å². The molecule has 0 N–H and O–H groups in total. The number of carbonyl (C=O) groups excluding carboxylic acids is 1. The first-order valence-corrected chi connectivity index (χ1v) is 9.17. The van der Waals surface area contributed by atoms with E-state index in [0.29, 0.717) is 17.6 Å². The van der Waals surface area contributed by atoms with Gasteiger partial charge in [0, 0.05) is 18.0 Å². The smallest absolute Gasteiger partial charge is 0.416 e. The molecular formula is C17H18N4O2S. The number of hydrogen-bond donors (Lipinski definition) is 0. The highest BCUT2D eigenvalue weighted by atomic mass is 32.1. The number of benzene rings is 1. The lowest BCUT2D eigenvalue weighted by Gasteiger charge is -2.49. The van der Waals surface area contributed by atoms with Crippen molar-refractivity contribution in [2.24, 2.45) is 5.92 Å². The second-order valence-electron chi connectivity index (χ2n) is 6.83. The molecule has 6 rings (SSSR count). The summed E-state index contributed by atoms with van der Waals surface area (Å²) in [7, 11) is 0. The third kappa shape index (κ3) is 2.15. The molecule has 1 aromatic carbocycles. The van der Waals surface area contributed by atoms with Gasteiger partial charge in [-0.25, -0.2) is 9.69 Å². The lowest BCUT2D eigenvalue weighted by atomic mass is 9.75. The summed E-state index contributed by atoms with van der Waals surface area (Å²) in [5.74, 6) is 0.470. The number of fused-ring (bicyclic) bond motifs is 2. The Hall–Kier alpha value is -1.99. The topological polar surface area (TPSA) is 58.6 Å². The maximum Gasteiger partial charge on any atom is 0.416 e. The first-order chi connectivity index (χ1) is 11.7. The molecule has 4 saturated heterocycles. The fourth-order valence-electron chi connectivity index (χ4n) is 4.18. The fraction of sp³-hybridized carbons (Fsp3) is 0.471. The van der Waals surface area contributed by atoms with E-state index < -0.39 is 0 Å². The van der Waals surface area contributed by atoms with Crippen molar-refractivity contribution in [2.75, 3.05) is 31.1 Å². The molecule has 1 aromatic heterocycles. The predicted octanol–water partition coefficient (Wildman–Crippen LogP) is 2.63. The molecule has 0 saturated carbocycles. The van der Waals surface area contributed by atoms with Gasteiger partial charge < -0.3 is 4.74 Å². The van der Waals surface area contributed by atoms with Crippen LogP contribution >= 0.6 is 11.3 Å². The molecule has 4 aliphatic rings. The van der Waals surface area contributed by atoms with Crippen LogP contribution in [-0.4, -0.2) is 53.0 Å². The summed E-state index contributed by atoms with van der Waals surface area (Å²) in [6.07, 6.45) is 1.96. The number of hydrogen-bond acceptors (Lipinski definition) is 6. The number of anilines is 1. The first kappa shape index (κ1) is 14.4. The number of carbonyl (C=O) groups is 1. The Morgan fingerprint density at radius 1 is 1.12 bits per heavy atom. The molecule has 4 fully saturated rings. The fourth-order valence-corrected chi connectivity index (χ4v) is 5.02. The van der Waals surface area contributed by atoms with Crippen LogP contribution in [-0.2, 0) is 4.74 Å². The van der Waals surface area contributed by atoms with E-state index in [4.69, 9.17) is 4.74 Å². The average molecular weight is 342 g/mol. The third-order valence-corrected chi connectivity index (χ3v) is 6.42. The molecule has 6 nitrogen and oxygen atoms in total. The second-order valence-corrected chi connectivity index (χ2v) is 7.78. The minimum atomic E-state index is -0.355. The molecular weight excluding hydrogens is 324 g/mol. The van der Waals surface area contributed by atoms with Gasteiger partial charge >= 0.3 is 6.09 Å². The summed E-state index contributed by atoms with van der Waals surface area (Å²) < 4.78 is 5.89. The van der Waals surface area contributed by atoms with Crippen LogP contribution in [0.5, 0.6) is 0 Å². The molecule has 124 valence electrons. The molecule has 4 aliphatic heterocycles. The molecule has 1 spiro atoms. The maximum atomic E-state index is 12.5. The highest BCUT2D eigenvalue weighted by Gasteiger charge is 2.56. The van der Waals surface area contributed by atoms with E-state index in [-0.39, 0.29) is 11.7 Å². The summed E-state index contributed by atoms with van der Waals surface area (Å²) >= 11 is 1.44. The van der Waals surface area contributed by atoms with Crippen LogP contribution in [0.1, 0.15) is 12.8 Å². The van der Waals surface area contributed by atoms with Gasteiger partial charge in [-0.2, -0.15) is 0 Å². The molecule has 2 aromatic rings. The molecule has 1 unspecified atom stereocenters. The van der Waals surface area contributed by atoms with Gasteiger partial charge in [0.15, 0.2) is 0 Å². The van der Waals surface area contributed by atoms with Crippen LogP contribution in [0.2, 0.25) is 0 Å². The summed E-state index contributed by atoms with van der Waals surface area (Å²) in [4.78, 5) is 16.6. The SMILES string of the molecule is O=C1OC2(CN3CCC2CC3)CN1c1nnc(-c2ccccc2)s1. The monoisotopic (exact) mass is 342 g/mol. The molecule has 0 aliphatic carbocycles. The van der Waals surface area contributed by atoms with Crippen LogP contribution in [0.25, 0.3) is 10.6 Å². The van der Waals surface area contributed by atoms with Gasteiger partial charge in [-0.05, 0) is 25.9 Å². The van der Waals surface area contributed by atoms with Crippen molar-refractivity contribution >= 4 is 22.6 Å². The average Bonchev–Trinajstić information content (AvgIpc) is 3.22. The van der Waals surface area contributed by atoms with Gasteiger partial charge in [0.05, 0.1) is 6.54 Å². The lowest BCUT2D eigenvalue weighted by Crippen LogP contribution is -2.61. The van der Waals surface area contributed by atoms with E-state index in [9.17, 15) is 4.79 Å². The molecule has 24 heavy (non-hydrogen) atoms. The van der Waals surface area contributed by atoms with Crippen molar-refractivity contribution in [3.8, 4) is 10.6 Å². The van der Waals surface area contributed by atoms with E-state index in [0.717, 1.165) is 43.0 Å². The van der Waals surface area contributed by atoms with Gasteiger partial charge in [-0.1, -0.05) is 41.7 Å². The number of ether oxygens (including phenoxy) is 1. The van der Waals surface area contributed by atoms with Crippen LogP contribution < -0.4 is 4.90 Å². The van der Waals surface area contributed by atoms with Gasteiger partial charge in [-0.3, -0.25) is 4.90 Å². The largest absolute Gasteiger partial charge is 0.439 e. The van der Waals surface area contributed by atoms with Crippen LogP contribution in [0.3, 0.4) is 0 Å². The number of amides is 1. The van der Waals surface area contributed by atoms with Crippen molar-refractivity contribution in [1.29, 1.82) is 0 Å². The summed E-state index contributed by atoms with van der Waals surface area (Å²) in [6.45, 7) is 3.70. The Kier molecular flexibility index (Phi) is 3.14. The van der Waals surface area contributed by atoms with Gasteiger partial charge in [-0.15, -0.1) is 10.2 Å². The van der Waals surface area contributed by atoms with Gasteiger partial charge in [0.2, 0.25) is 5.13 Å². The van der Waals surface area contributed by atoms with Crippen molar-refractivity contribution in [3.05, 3.63) is 30.3 Å². The Labute approximate surface area is 144 Å². The minimum absolute atomic E-state index is 0.278. The van der Waals surface area contributed by atoms with Gasteiger partial charge in [0.1, 0.15) is 10.6 Å². The Balaban J connectivity index is 1.42. The third-order valence-electron chi connectivity index (χ3n) is 5.43. The second kappa shape index (κ2) is 5.26. The van der Waals surface area contributed by atoms with E-state index in [1.54, 1.807) is 4.90 Å². The summed E-state index contributed by atoms with van der Waals surface area (Å²) in [5, 5.41) is 9.96. The van der Waals surface area contributed by atoms with E-state index in [1.807, 2.05) is 30.3 Å². The number of piperidine rings is 3. The summed E-state index contributed by atoms with van der Waals surface area (Å²) in [5.41, 5.74) is 0.665. The zero-order valence-corrected chi connectivity index (χ0v) is 14.0. The molecule has 1 atom stereocenters. The lowest BCUT2D eigenvalue weighted by molar-refractivity contribution is -0.0881. The maximum absolute atomic E-state index is 12.5. The van der Waals surface area contributed by atoms with Crippen LogP contribution in [0.4, 0.5) is 9.93 Å².